The van der Waals surface area contributed by atoms with E-state index in [4.69, 9.17) is 9.47 Å². The highest BCUT2D eigenvalue weighted by atomic mass is 16.7. The van der Waals surface area contributed by atoms with E-state index in [9.17, 15) is 0 Å². The molecule has 166 valence electrons. The van der Waals surface area contributed by atoms with Crippen molar-refractivity contribution in [2.75, 3.05) is 6.61 Å². The van der Waals surface area contributed by atoms with E-state index in [1.165, 1.54) is 50.5 Å². The number of rotatable bonds is 0. The lowest BCUT2D eigenvalue weighted by Crippen LogP contribution is -2.52. The van der Waals surface area contributed by atoms with Crippen LogP contribution in [-0.2, 0) is 9.47 Å². The summed E-state index contributed by atoms with van der Waals surface area (Å²) in [5.41, 5.74) is 3.97. The highest BCUT2D eigenvalue weighted by molar-refractivity contribution is 5.26. The fourth-order valence-corrected chi connectivity index (χ4v) is 9.69. The number of ether oxygens (including phenoxy) is 2. The minimum atomic E-state index is -0.327. The molecule has 30 heavy (non-hydrogen) atoms. The molecule has 0 aromatic heterocycles. The summed E-state index contributed by atoms with van der Waals surface area (Å²) in [6.45, 7) is 15.0. The molecule has 0 aromatic carbocycles. The van der Waals surface area contributed by atoms with Gasteiger partial charge in [0.15, 0.2) is 5.79 Å². The number of allylic oxidation sites excluding steroid dienone is 2. The Hall–Kier alpha value is -0.600. The molecule has 0 radical (unpaired) electrons. The number of hydrogen-bond acceptors (Lipinski definition) is 2. The van der Waals surface area contributed by atoms with Gasteiger partial charge in [-0.2, -0.15) is 0 Å². The lowest BCUT2D eigenvalue weighted by molar-refractivity contribution is -0.255. The first-order valence-corrected chi connectivity index (χ1v) is 12.9. The van der Waals surface area contributed by atoms with E-state index in [-0.39, 0.29) is 5.79 Å². The molecule has 0 bridgehead atoms. The first-order chi connectivity index (χ1) is 14.3. The normalized spacial score (nSPS) is 57.4. The third-order valence-corrected chi connectivity index (χ3v) is 11.4. The predicted molar refractivity (Wildman–Crippen MR) is 121 cm³/mol. The lowest BCUT2D eigenvalue weighted by atomic mass is 9.46. The summed E-state index contributed by atoms with van der Waals surface area (Å²) in [6.07, 6.45) is 14.8. The van der Waals surface area contributed by atoms with Crippen molar-refractivity contribution in [1.82, 2.24) is 0 Å². The van der Waals surface area contributed by atoms with E-state index in [0.29, 0.717) is 35.4 Å². The maximum absolute atomic E-state index is 6.88. The van der Waals surface area contributed by atoms with E-state index in [0.717, 1.165) is 36.5 Å². The van der Waals surface area contributed by atoms with E-state index in [1.807, 2.05) is 5.57 Å². The van der Waals surface area contributed by atoms with E-state index >= 15 is 0 Å². The molecule has 2 heteroatoms. The second-order valence-electron chi connectivity index (χ2n) is 12.7. The summed E-state index contributed by atoms with van der Waals surface area (Å²) in [5.74, 6) is 4.33. The monoisotopic (exact) mass is 410 g/mol. The summed E-state index contributed by atoms with van der Waals surface area (Å²) in [6, 6.07) is 0. The van der Waals surface area contributed by atoms with Crippen LogP contribution in [0.4, 0.5) is 0 Å². The third kappa shape index (κ3) is 2.50. The van der Waals surface area contributed by atoms with Crippen LogP contribution >= 0.6 is 0 Å². The summed E-state index contributed by atoms with van der Waals surface area (Å²) in [5, 5.41) is 0. The maximum atomic E-state index is 6.88. The molecule has 2 aliphatic heterocycles. The van der Waals surface area contributed by atoms with Crippen molar-refractivity contribution in [1.29, 1.82) is 0 Å². The topological polar surface area (TPSA) is 18.5 Å². The van der Waals surface area contributed by atoms with Crippen LogP contribution in [-0.4, -0.2) is 18.5 Å². The highest BCUT2D eigenvalue weighted by Crippen LogP contribution is 2.70. The zero-order valence-electron chi connectivity index (χ0n) is 19.7. The van der Waals surface area contributed by atoms with Gasteiger partial charge in [-0.3, -0.25) is 0 Å². The predicted octanol–water partition coefficient (Wildman–Crippen LogP) is 6.91. The molecule has 4 aliphatic carbocycles. The number of fused-ring (bicyclic) bond motifs is 7. The zero-order valence-corrected chi connectivity index (χ0v) is 19.7. The van der Waals surface area contributed by atoms with Crippen LogP contribution in [0.1, 0.15) is 85.5 Å². The second-order valence-corrected chi connectivity index (χ2v) is 12.7. The molecule has 0 amide bonds. The first kappa shape index (κ1) is 20.0. The fourth-order valence-electron chi connectivity index (χ4n) is 9.69. The van der Waals surface area contributed by atoms with Crippen LogP contribution in [0.25, 0.3) is 0 Å². The Kier molecular flexibility index (Phi) is 4.32. The van der Waals surface area contributed by atoms with Gasteiger partial charge >= 0.3 is 0 Å². The summed E-state index contributed by atoms with van der Waals surface area (Å²) in [7, 11) is 0. The van der Waals surface area contributed by atoms with Gasteiger partial charge in [-0.05, 0) is 91.8 Å². The van der Waals surface area contributed by atoms with Crippen molar-refractivity contribution in [3.8, 4) is 0 Å². The van der Waals surface area contributed by atoms with Crippen molar-refractivity contribution in [3.63, 3.8) is 0 Å². The Morgan fingerprint density at radius 1 is 1.07 bits per heavy atom. The van der Waals surface area contributed by atoms with Gasteiger partial charge in [-0.15, -0.1) is 0 Å². The molecule has 0 N–H and O–H groups in total. The Morgan fingerprint density at radius 2 is 1.90 bits per heavy atom. The Balaban J connectivity index is 1.29. The van der Waals surface area contributed by atoms with E-state index < -0.39 is 0 Å². The molecular formula is C28H42O2. The Labute approximate surface area is 183 Å². The zero-order chi connectivity index (χ0) is 20.9. The second kappa shape index (κ2) is 6.47. The van der Waals surface area contributed by atoms with Crippen LogP contribution in [0, 0.1) is 46.3 Å². The average Bonchev–Trinajstić information content (AvgIpc) is 3.16. The van der Waals surface area contributed by atoms with Crippen molar-refractivity contribution in [2.24, 2.45) is 46.3 Å². The molecule has 2 nitrogen and oxygen atoms in total. The van der Waals surface area contributed by atoms with Gasteiger partial charge in [0.1, 0.15) is 0 Å². The quantitative estimate of drug-likeness (QED) is 0.404. The van der Waals surface area contributed by atoms with Crippen molar-refractivity contribution in [3.05, 3.63) is 23.8 Å². The molecule has 0 aromatic rings. The van der Waals surface area contributed by atoms with Crippen LogP contribution in [0.5, 0.6) is 0 Å². The fraction of sp³-hybridized carbons (Fsp3) is 0.857. The van der Waals surface area contributed by atoms with Gasteiger partial charge in [0.05, 0.1) is 12.7 Å². The Bertz CT molecular complexity index is 772. The SMILES string of the molecule is C=C1CCC2(OC1)OC1CC3C4CC=C5CC(C)CC[C@]5(C)C4CC[C@]3(C)[C@H]1[C@@H]2C. The average molecular weight is 411 g/mol. The Morgan fingerprint density at radius 3 is 2.67 bits per heavy atom. The highest BCUT2D eigenvalue weighted by Gasteiger charge is 2.68. The van der Waals surface area contributed by atoms with E-state index in [2.05, 4.69) is 40.3 Å². The standard InChI is InChI=1S/C28H42O2/c1-17-8-11-26(4)20(14-17)6-7-21-22(26)10-12-27(5)23(21)15-24-25(27)19(3)28(30-24)13-9-18(2)16-29-28/h6,17,19,21-25H,2,7-16H2,1,3-5H3/t17?,19-,21?,22?,23?,24?,25-,26-,27-,28?/m0/s1. The molecule has 2 heterocycles. The molecule has 6 unspecified atom stereocenters. The first-order valence-electron chi connectivity index (χ1n) is 12.9. The van der Waals surface area contributed by atoms with Crippen molar-refractivity contribution < 1.29 is 9.47 Å². The van der Waals surface area contributed by atoms with Gasteiger partial charge in [0.2, 0.25) is 0 Å². The minimum Gasteiger partial charge on any atom is -0.346 e. The lowest BCUT2D eigenvalue weighted by Gasteiger charge is -2.58. The molecule has 1 spiro atoms. The molecule has 2 saturated heterocycles. The van der Waals surface area contributed by atoms with Crippen LogP contribution in [0.15, 0.2) is 23.8 Å². The van der Waals surface area contributed by atoms with Crippen LogP contribution < -0.4 is 0 Å². The largest absolute Gasteiger partial charge is 0.346 e. The molecule has 6 rings (SSSR count). The van der Waals surface area contributed by atoms with Gasteiger partial charge in [-0.1, -0.05) is 51.5 Å². The van der Waals surface area contributed by atoms with Gasteiger partial charge < -0.3 is 9.47 Å². The smallest absolute Gasteiger partial charge is 0.172 e. The molecule has 6 aliphatic rings. The van der Waals surface area contributed by atoms with Crippen molar-refractivity contribution in [2.45, 2.75) is 97.4 Å². The van der Waals surface area contributed by atoms with E-state index in [1.54, 1.807) is 0 Å². The molecular weight excluding hydrogens is 368 g/mol. The van der Waals surface area contributed by atoms with Gasteiger partial charge in [0.25, 0.3) is 0 Å². The summed E-state index contributed by atoms with van der Waals surface area (Å²) < 4.78 is 13.3. The number of hydrogen-bond donors (Lipinski definition) is 0. The van der Waals surface area contributed by atoms with Gasteiger partial charge in [0, 0.05) is 12.3 Å². The summed E-state index contributed by atoms with van der Waals surface area (Å²) in [4.78, 5) is 0. The molecule has 3 saturated carbocycles. The molecule has 10 atom stereocenters. The summed E-state index contributed by atoms with van der Waals surface area (Å²) >= 11 is 0. The van der Waals surface area contributed by atoms with Gasteiger partial charge in [-0.25, -0.2) is 0 Å². The maximum Gasteiger partial charge on any atom is 0.172 e. The van der Waals surface area contributed by atoms with Crippen LogP contribution in [0.2, 0.25) is 0 Å². The minimum absolute atomic E-state index is 0.327. The third-order valence-electron chi connectivity index (χ3n) is 11.4. The van der Waals surface area contributed by atoms with Crippen molar-refractivity contribution >= 4 is 0 Å². The van der Waals surface area contributed by atoms with Crippen LogP contribution in [0.3, 0.4) is 0 Å². The molecule has 5 fully saturated rings.